The van der Waals surface area contributed by atoms with E-state index in [1.54, 1.807) is 6.92 Å². The van der Waals surface area contributed by atoms with Crippen LogP contribution >= 0.6 is 0 Å². The standard InChI is InChI=1S/C16H31F3.C4H10/c1-11(2)9-7-8-10-15(16(17,18)19)14(6)13(5)12(3)4;1-3-4-2/h11-15H,7-10H2,1-6H3;3-4H2,1-2H3/t13?,14?,15-;/m1./s1. The molecule has 0 aromatic carbocycles. The molecule has 0 spiro atoms. The lowest BCUT2D eigenvalue weighted by molar-refractivity contribution is -0.195. The van der Waals surface area contributed by atoms with Crippen molar-refractivity contribution < 1.29 is 13.2 Å². The molecule has 0 bridgehead atoms. The van der Waals surface area contributed by atoms with Gasteiger partial charge in [0.05, 0.1) is 5.92 Å². The molecule has 3 atom stereocenters. The lowest BCUT2D eigenvalue weighted by Crippen LogP contribution is -2.33. The summed E-state index contributed by atoms with van der Waals surface area (Å²) in [4.78, 5) is 0. The van der Waals surface area contributed by atoms with E-state index < -0.39 is 12.1 Å². The largest absolute Gasteiger partial charge is 0.392 e. The fraction of sp³-hybridized carbons (Fsp3) is 1.00. The van der Waals surface area contributed by atoms with E-state index in [0.717, 1.165) is 12.8 Å². The fourth-order valence-electron chi connectivity index (χ4n) is 2.62. The number of alkyl halides is 3. The summed E-state index contributed by atoms with van der Waals surface area (Å²) in [5.41, 5.74) is 0. The molecular formula is C20H41F3. The summed E-state index contributed by atoms with van der Waals surface area (Å²) < 4.78 is 39.5. The third-order valence-corrected chi connectivity index (χ3v) is 4.98. The molecule has 0 aromatic rings. The smallest absolute Gasteiger partial charge is 0.171 e. The first kappa shape index (κ1) is 25.0. The molecule has 0 aromatic heterocycles. The van der Waals surface area contributed by atoms with Crippen molar-refractivity contribution in [2.24, 2.45) is 29.6 Å². The van der Waals surface area contributed by atoms with Gasteiger partial charge in [0.15, 0.2) is 0 Å². The van der Waals surface area contributed by atoms with Crippen molar-refractivity contribution >= 4 is 0 Å². The second-order valence-electron chi connectivity index (χ2n) is 7.79. The van der Waals surface area contributed by atoms with Gasteiger partial charge < -0.3 is 0 Å². The molecule has 0 aliphatic rings. The summed E-state index contributed by atoms with van der Waals surface area (Å²) in [7, 11) is 0. The lowest BCUT2D eigenvalue weighted by atomic mass is 9.76. The third kappa shape index (κ3) is 12.8. The van der Waals surface area contributed by atoms with Gasteiger partial charge in [-0.05, 0) is 30.1 Å². The Morgan fingerprint density at radius 1 is 0.696 bits per heavy atom. The highest BCUT2D eigenvalue weighted by Crippen LogP contribution is 2.40. The van der Waals surface area contributed by atoms with E-state index >= 15 is 0 Å². The van der Waals surface area contributed by atoms with Gasteiger partial charge in [-0.15, -0.1) is 0 Å². The maximum Gasteiger partial charge on any atom is 0.392 e. The van der Waals surface area contributed by atoms with Gasteiger partial charge in [-0.2, -0.15) is 13.2 Å². The van der Waals surface area contributed by atoms with Gasteiger partial charge in [0.1, 0.15) is 0 Å². The minimum atomic E-state index is -4.06. The molecule has 0 radical (unpaired) electrons. The van der Waals surface area contributed by atoms with Crippen LogP contribution in [0.15, 0.2) is 0 Å². The van der Waals surface area contributed by atoms with Gasteiger partial charge >= 0.3 is 6.18 Å². The van der Waals surface area contributed by atoms with Crippen molar-refractivity contribution in [1.29, 1.82) is 0 Å². The molecule has 0 aliphatic heterocycles. The Kier molecular flexibility index (Phi) is 14.3. The van der Waals surface area contributed by atoms with Crippen molar-refractivity contribution in [2.45, 2.75) is 100 Å². The number of halogens is 3. The molecule has 0 nitrogen and oxygen atoms in total. The first-order valence-corrected chi connectivity index (χ1v) is 9.55. The van der Waals surface area contributed by atoms with Crippen molar-refractivity contribution in [1.82, 2.24) is 0 Å². The monoisotopic (exact) mass is 338 g/mol. The Hall–Kier alpha value is -0.210. The Labute approximate surface area is 143 Å². The highest BCUT2D eigenvalue weighted by Gasteiger charge is 2.44. The number of unbranched alkanes of at least 4 members (excludes halogenated alkanes) is 2. The highest BCUT2D eigenvalue weighted by molar-refractivity contribution is 4.78. The van der Waals surface area contributed by atoms with Gasteiger partial charge in [0, 0.05) is 0 Å². The zero-order chi connectivity index (χ0) is 18.6. The van der Waals surface area contributed by atoms with Gasteiger partial charge in [-0.1, -0.05) is 87.5 Å². The molecule has 0 saturated heterocycles. The average molecular weight is 339 g/mol. The van der Waals surface area contributed by atoms with E-state index in [9.17, 15) is 13.2 Å². The van der Waals surface area contributed by atoms with Gasteiger partial charge in [-0.3, -0.25) is 0 Å². The topological polar surface area (TPSA) is 0 Å². The van der Waals surface area contributed by atoms with Gasteiger partial charge in [0.2, 0.25) is 0 Å². The lowest BCUT2D eigenvalue weighted by Gasteiger charge is -2.32. The summed E-state index contributed by atoms with van der Waals surface area (Å²) in [5.74, 6) is -0.445. The average Bonchev–Trinajstić information content (AvgIpc) is 2.44. The first-order valence-electron chi connectivity index (χ1n) is 9.55. The Bertz CT molecular complexity index is 254. The number of hydrogen-bond acceptors (Lipinski definition) is 0. The van der Waals surface area contributed by atoms with Crippen LogP contribution in [-0.2, 0) is 0 Å². The van der Waals surface area contributed by atoms with Crippen LogP contribution in [-0.4, -0.2) is 6.18 Å². The van der Waals surface area contributed by atoms with Crippen LogP contribution in [0, 0.1) is 29.6 Å². The first-order chi connectivity index (χ1) is 10.5. The molecule has 0 heterocycles. The van der Waals surface area contributed by atoms with Crippen molar-refractivity contribution in [2.75, 3.05) is 0 Å². The molecule has 23 heavy (non-hydrogen) atoms. The SMILES string of the molecule is CC(C)CCCC[C@H](C(C)C(C)C(C)C)C(F)(F)F.CCCC. The van der Waals surface area contributed by atoms with Gasteiger partial charge in [-0.25, -0.2) is 0 Å². The minimum absolute atomic E-state index is 0.108. The zero-order valence-electron chi connectivity index (χ0n) is 16.8. The van der Waals surface area contributed by atoms with Gasteiger partial charge in [0.25, 0.3) is 0 Å². The predicted octanol–water partition coefficient (Wildman–Crippen LogP) is 8.12. The highest BCUT2D eigenvalue weighted by atomic mass is 19.4. The van der Waals surface area contributed by atoms with E-state index in [-0.39, 0.29) is 18.3 Å². The normalized spacial score (nSPS) is 16.0. The summed E-state index contributed by atoms with van der Waals surface area (Å²) in [5, 5.41) is 0. The molecule has 3 heteroatoms. The summed E-state index contributed by atoms with van der Waals surface area (Å²) >= 11 is 0. The van der Waals surface area contributed by atoms with Crippen LogP contribution in [0.25, 0.3) is 0 Å². The second-order valence-corrected chi connectivity index (χ2v) is 7.79. The van der Waals surface area contributed by atoms with Crippen molar-refractivity contribution in [3.05, 3.63) is 0 Å². The maximum atomic E-state index is 13.2. The molecule has 0 saturated carbocycles. The van der Waals surface area contributed by atoms with E-state index in [0.29, 0.717) is 18.3 Å². The van der Waals surface area contributed by atoms with Crippen molar-refractivity contribution in [3.63, 3.8) is 0 Å². The van der Waals surface area contributed by atoms with Crippen LogP contribution in [0.4, 0.5) is 13.2 Å². The molecule has 0 rings (SSSR count). The van der Waals surface area contributed by atoms with E-state index in [1.165, 1.54) is 12.8 Å². The molecule has 0 aliphatic carbocycles. The fourth-order valence-corrected chi connectivity index (χ4v) is 2.62. The van der Waals surface area contributed by atoms with Crippen LogP contribution < -0.4 is 0 Å². The quantitative estimate of drug-likeness (QED) is 0.372. The van der Waals surface area contributed by atoms with E-state index in [2.05, 4.69) is 27.7 Å². The predicted molar refractivity (Wildman–Crippen MR) is 96.6 cm³/mol. The molecule has 2 unspecified atom stereocenters. The minimum Gasteiger partial charge on any atom is -0.171 e. The number of hydrogen-bond donors (Lipinski definition) is 0. The van der Waals surface area contributed by atoms with E-state index in [4.69, 9.17) is 0 Å². The van der Waals surface area contributed by atoms with Crippen LogP contribution in [0.3, 0.4) is 0 Å². The second kappa shape index (κ2) is 13.1. The number of rotatable bonds is 9. The molecule has 142 valence electrons. The van der Waals surface area contributed by atoms with Crippen LogP contribution in [0.1, 0.15) is 93.9 Å². The maximum absolute atomic E-state index is 13.2. The Morgan fingerprint density at radius 3 is 1.43 bits per heavy atom. The summed E-state index contributed by atoms with van der Waals surface area (Å²) in [6, 6.07) is 0. The molecular weight excluding hydrogens is 297 g/mol. The molecule has 0 amide bonds. The zero-order valence-corrected chi connectivity index (χ0v) is 16.8. The Balaban J connectivity index is 0. The van der Waals surface area contributed by atoms with E-state index in [1.807, 2.05) is 20.8 Å². The Morgan fingerprint density at radius 2 is 1.13 bits per heavy atom. The van der Waals surface area contributed by atoms with Crippen LogP contribution in [0.2, 0.25) is 0 Å². The summed E-state index contributed by atoms with van der Waals surface area (Å²) in [6.07, 6.45) is 1.50. The van der Waals surface area contributed by atoms with Crippen molar-refractivity contribution in [3.8, 4) is 0 Å². The molecule has 0 N–H and O–H groups in total. The van der Waals surface area contributed by atoms with Crippen LogP contribution in [0.5, 0.6) is 0 Å². The molecule has 0 fully saturated rings. The third-order valence-electron chi connectivity index (χ3n) is 4.98. The summed E-state index contributed by atoms with van der Waals surface area (Å²) in [6.45, 7) is 16.3.